The first kappa shape index (κ1) is 21.6. The van der Waals surface area contributed by atoms with E-state index in [0.29, 0.717) is 28.9 Å². The molecule has 2 aromatic heterocycles. The van der Waals surface area contributed by atoms with Crippen molar-refractivity contribution in [2.45, 2.75) is 13.3 Å². The summed E-state index contributed by atoms with van der Waals surface area (Å²) in [4.78, 5) is 20.1. The quantitative estimate of drug-likeness (QED) is 0.387. The van der Waals surface area contributed by atoms with Gasteiger partial charge in [0.1, 0.15) is 5.75 Å². The van der Waals surface area contributed by atoms with E-state index >= 15 is 0 Å². The van der Waals surface area contributed by atoms with Crippen LogP contribution in [0.3, 0.4) is 0 Å². The number of methoxy groups -OCH3 is 1. The normalized spacial score (nSPS) is 10.9. The Bertz CT molecular complexity index is 1320. The number of nitrogens with zero attached hydrogens (tertiary/aromatic N) is 3. The lowest BCUT2D eigenvalue weighted by atomic mass is 10.2. The van der Waals surface area contributed by atoms with Gasteiger partial charge in [-0.25, -0.2) is 4.98 Å². The van der Waals surface area contributed by atoms with Crippen LogP contribution in [0.25, 0.3) is 11.0 Å². The molecule has 4 rings (SSSR count). The fraction of sp³-hybridized carbons (Fsp3) is 0.174. The molecule has 0 aliphatic carbocycles. The molecule has 32 heavy (non-hydrogen) atoms. The summed E-state index contributed by atoms with van der Waals surface area (Å²) in [6, 6.07) is 13.1. The fourth-order valence-electron chi connectivity index (χ4n) is 3.32. The van der Waals surface area contributed by atoms with Crippen molar-refractivity contribution in [3.63, 3.8) is 0 Å². The summed E-state index contributed by atoms with van der Waals surface area (Å²) in [5.74, 6) is 1.81. The summed E-state index contributed by atoms with van der Waals surface area (Å²) >= 11 is 3.52. The zero-order chi connectivity index (χ0) is 22.8. The van der Waals surface area contributed by atoms with E-state index in [9.17, 15) is 4.79 Å². The average Bonchev–Trinajstić information content (AvgIpc) is 3.04. The third kappa shape index (κ3) is 4.52. The molecule has 1 amide bonds. The molecule has 9 heteroatoms. The number of hydrogen-bond donors (Lipinski definition) is 2. The van der Waals surface area contributed by atoms with Crippen LogP contribution >= 0.6 is 15.9 Å². The molecule has 0 radical (unpaired) electrons. The van der Waals surface area contributed by atoms with Gasteiger partial charge in [0.2, 0.25) is 11.9 Å². The van der Waals surface area contributed by atoms with Crippen LogP contribution in [0.4, 0.5) is 11.6 Å². The Kier molecular flexibility index (Phi) is 6.00. The summed E-state index contributed by atoms with van der Waals surface area (Å²) in [6.45, 7) is 2.03. The molecular formula is C23H22BrN5O3. The standard InChI is InChI=1S/C23H22BrN5O3/c1-13-8-14(4-5-17(13)24)27-23-28-18-11-21(20(31-3)12-19(18)29(23)2)32-16-6-7-26-15(9-16)10-22(25)30/h4-9,11-12H,10H2,1-3H3,(H2,25,30)(H,27,28). The summed E-state index contributed by atoms with van der Waals surface area (Å²) in [5.41, 5.74) is 9.48. The van der Waals surface area contributed by atoms with Gasteiger partial charge < -0.3 is 25.1 Å². The second-order valence-electron chi connectivity index (χ2n) is 7.30. The number of fused-ring (bicyclic) bond motifs is 1. The first-order valence-electron chi connectivity index (χ1n) is 9.83. The molecule has 0 unspecified atom stereocenters. The lowest BCUT2D eigenvalue weighted by Gasteiger charge is -2.11. The highest BCUT2D eigenvalue weighted by Gasteiger charge is 2.15. The van der Waals surface area contributed by atoms with Gasteiger partial charge >= 0.3 is 0 Å². The smallest absolute Gasteiger partial charge is 0.223 e. The summed E-state index contributed by atoms with van der Waals surface area (Å²) in [5, 5.41) is 3.36. The molecule has 0 atom stereocenters. The van der Waals surface area contributed by atoms with E-state index in [2.05, 4.69) is 26.2 Å². The SMILES string of the molecule is COc1cc2c(cc1Oc1ccnc(CC(N)=O)c1)nc(Nc1ccc(Br)c(C)c1)n2C. The molecule has 164 valence electrons. The second-order valence-corrected chi connectivity index (χ2v) is 8.16. The minimum atomic E-state index is -0.455. The largest absolute Gasteiger partial charge is 0.493 e. The monoisotopic (exact) mass is 495 g/mol. The van der Waals surface area contributed by atoms with Crippen LogP contribution in [0, 0.1) is 6.92 Å². The Morgan fingerprint density at radius 3 is 2.72 bits per heavy atom. The van der Waals surface area contributed by atoms with Crippen LogP contribution in [0.1, 0.15) is 11.3 Å². The predicted molar refractivity (Wildman–Crippen MR) is 127 cm³/mol. The third-order valence-electron chi connectivity index (χ3n) is 4.95. The maximum Gasteiger partial charge on any atom is 0.223 e. The predicted octanol–water partition coefficient (Wildman–Crippen LogP) is 4.61. The van der Waals surface area contributed by atoms with E-state index < -0.39 is 5.91 Å². The van der Waals surface area contributed by atoms with Crippen LogP contribution in [-0.2, 0) is 18.3 Å². The van der Waals surface area contributed by atoms with Crippen LogP contribution in [0.15, 0.2) is 53.1 Å². The topological polar surface area (TPSA) is 104 Å². The van der Waals surface area contributed by atoms with Crippen LogP contribution < -0.4 is 20.5 Å². The van der Waals surface area contributed by atoms with Gasteiger partial charge in [0.25, 0.3) is 0 Å². The van der Waals surface area contributed by atoms with E-state index in [-0.39, 0.29) is 6.42 Å². The lowest BCUT2D eigenvalue weighted by Crippen LogP contribution is -2.14. The molecule has 0 saturated carbocycles. The number of nitrogens with one attached hydrogen (secondary N) is 1. The minimum absolute atomic E-state index is 0.0399. The highest BCUT2D eigenvalue weighted by atomic mass is 79.9. The van der Waals surface area contributed by atoms with Crippen molar-refractivity contribution in [2.75, 3.05) is 12.4 Å². The van der Waals surface area contributed by atoms with Crippen molar-refractivity contribution in [3.05, 3.63) is 64.4 Å². The van der Waals surface area contributed by atoms with Gasteiger partial charge in [0, 0.05) is 41.6 Å². The number of ether oxygens (including phenoxy) is 2. The van der Waals surface area contributed by atoms with E-state index in [4.69, 9.17) is 20.2 Å². The molecule has 3 N–H and O–H groups in total. The van der Waals surface area contributed by atoms with Crippen molar-refractivity contribution < 1.29 is 14.3 Å². The molecule has 0 spiro atoms. The molecule has 0 fully saturated rings. The van der Waals surface area contributed by atoms with E-state index in [1.54, 1.807) is 25.4 Å². The molecular weight excluding hydrogens is 474 g/mol. The number of carbonyl (C=O) groups excluding carboxylic acids is 1. The average molecular weight is 496 g/mol. The van der Waals surface area contributed by atoms with Crippen molar-refractivity contribution in [1.29, 1.82) is 0 Å². The van der Waals surface area contributed by atoms with Crippen LogP contribution in [0.5, 0.6) is 17.2 Å². The van der Waals surface area contributed by atoms with Gasteiger partial charge in [0.15, 0.2) is 11.5 Å². The zero-order valence-electron chi connectivity index (χ0n) is 17.8. The Hall–Kier alpha value is -3.59. The first-order valence-corrected chi connectivity index (χ1v) is 10.6. The molecule has 0 bridgehead atoms. The minimum Gasteiger partial charge on any atom is -0.493 e. The number of nitrogens with two attached hydrogens (primary N) is 1. The van der Waals surface area contributed by atoms with E-state index in [0.717, 1.165) is 26.8 Å². The van der Waals surface area contributed by atoms with Crippen molar-refractivity contribution in [2.24, 2.45) is 12.8 Å². The fourth-order valence-corrected chi connectivity index (χ4v) is 3.57. The number of hydrogen-bond acceptors (Lipinski definition) is 6. The van der Waals surface area contributed by atoms with Crippen molar-refractivity contribution in [1.82, 2.24) is 14.5 Å². The Morgan fingerprint density at radius 2 is 2.00 bits per heavy atom. The number of carbonyl (C=O) groups is 1. The summed E-state index contributed by atoms with van der Waals surface area (Å²) < 4.78 is 14.6. The number of pyridine rings is 1. The Balaban J connectivity index is 1.67. The number of aryl methyl sites for hydroxylation is 2. The number of amides is 1. The number of imidazole rings is 1. The number of halogens is 1. The number of aromatic nitrogens is 3. The number of benzene rings is 2. The van der Waals surface area contributed by atoms with Crippen LogP contribution in [-0.4, -0.2) is 27.6 Å². The first-order chi connectivity index (χ1) is 15.3. The number of anilines is 2. The Morgan fingerprint density at radius 1 is 1.19 bits per heavy atom. The van der Waals surface area contributed by atoms with Gasteiger partial charge in [-0.15, -0.1) is 0 Å². The summed E-state index contributed by atoms with van der Waals surface area (Å²) in [7, 11) is 3.52. The zero-order valence-corrected chi connectivity index (χ0v) is 19.4. The lowest BCUT2D eigenvalue weighted by molar-refractivity contribution is -0.117. The van der Waals surface area contributed by atoms with E-state index in [1.807, 2.05) is 48.9 Å². The van der Waals surface area contributed by atoms with Gasteiger partial charge in [-0.3, -0.25) is 9.78 Å². The maximum absolute atomic E-state index is 11.2. The highest BCUT2D eigenvalue weighted by Crippen LogP contribution is 2.36. The van der Waals surface area contributed by atoms with Crippen molar-refractivity contribution >= 4 is 44.5 Å². The van der Waals surface area contributed by atoms with Gasteiger partial charge in [-0.2, -0.15) is 0 Å². The van der Waals surface area contributed by atoms with Gasteiger partial charge in [0.05, 0.1) is 30.3 Å². The number of primary amides is 1. The molecule has 0 saturated heterocycles. The molecule has 8 nitrogen and oxygen atoms in total. The maximum atomic E-state index is 11.2. The number of rotatable bonds is 7. The highest BCUT2D eigenvalue weighted by molar-refractivity contribution is 9.10. The molecule has 4 aromatic rings. The van der Waals surface area contributed by atoms with Crippen molar-refractivity contribution in [3.8, 4) is 17.2 Å². The Labute approximate surface area is 193 Å². The van der Waals surface area contributed by atoms with Gasteiger partial charge in [-0.05, 0) is 36.8 Å². The summed E-state index contributed by atoms with van der Waals surface area (Å²) in [6.07, 6.45) is 1.61. The van der Waals surface area contributed by atoms with E-state index in [1.165, 1.54) is 0 Å². The molecule has 2 heterocycles. The second kappa shape index (κ2) is 8.88. The molecule has 0 aliphatic rings. The van der Waals surface area contributed by atoms with Gasteiger partial charge in [-0.1, -0.05) is 15.9 Å². The molecule has 2 aromatic carbocycles. The third-order valence-corrected chi connectivity index (χ3v) is 5.84. The molecule has 0 aliphatic heterocycles. The van der Waals surface area contributed by atoms with Crippen LogP contribution in [0.2, 0.25) is 0 Å².